The first-order valence-electron chi connectivity index (χ1n) is 7.93. The van der Waals surface area contributed by atoms with E-state index in [2.05, 4.69) is 5.32 Å². The third kappa shape index (κ3) is 4.99. The van der Waals surface area contributed by atoms with Crippen molar-refractivity contribution in [2.45, 2.75) is 6.92 Å². The second kappa shape index (κ2) is 9.25. The quantitative estimate of drug-likeness (QED) is 0.521. The molecule has 2 rings (SSSR count). The number of methoxy groups -OCH3 is 1. The molecule has 0 aliphatic carbocycles. The normalized spacial score (nSPS) is 15.6. The van der Waals surface area contributed by atoms with E-state index in [-0.39, 0.29) is 22.9 Å². The van der Waals surface area contributed by atoms with E-state index in [1.807, 2.05) is 0 Å². The summed E-state index contributed by atoms with van der Waals surface area (Å²) in [6.07, 6.45) is 1.52. The minimum atomic E-state index is -0.534. The molecule has 1 aliphatic rings. The number of hydrogen-bond acceptors (Lipinski definition) is 7. The van der Waals surface area contributed by atoms with E-state index < -0.39 is 17.1 Å². The van der Waals surface area contributed by atoms with Crippen LogP contribution in [-0.2, 0) is 14.3 Å². The average molecular weight is 380 g/mol. The number of rotatable bonds is 8. The maximum Gasteiger partial charge on any atom is 0.294 e. The molecule has 2 N–H and O–H groups in total. The van der Waals surface area contributed by atoms with E-state index in [1.165, 1.54) is 19.3 Å². The third-order valence-electron chi connectivity index (χ3n) is 3.39. The Bertz CT molecular complexity index is 734. The highest BCUT2D eigenvalue weighted by atomic mass is 32.2. The number of nitrogens with one attached hydrogen (secondary N) is 1. The molecule has 0 atom stereocenters. The Balaban J connectivity index is 2.09. The second-order valence-electron chi connectivity index (χ2n) is 5.27. The number of amides is 3. The van der Waals surface area contributed by atoms with Gasteiger partial charge < -0.3 is 19.9 Å². The minimum absolute atomic E-state index is 0.00941. The molecule has 26 heavy (non-hydrogen) atoms. The Morgan fingerprint density at radius 1 is 1.38 bits per heavy atom. The van der Waals surface area contributed by atoms with Gasteiger partial charge in [-0.25, -0.2) is 0 Å². The van der Waals surface area contributed by atoms with Gasteiger partial charge in [-0.2, -0.15) is 0 Å². The van der Waals surface area contributed by atoms with Gasteiger partial charge in [0, 0.05) is 13.7 Å². The van der Waals surface area contributed by atoms with Crippen molar-refractivity contribution in [3.8, 4) is 11.5 Å². The molecule has 0 unspecified atom stereocenters. The summed E-state index contributed by atoms with van der Waals surface area (Å²) in [6.45, 7) is 2.47. The topological polar surface area (TPSA) is 105 Å². The smallest absolute Gasteiger partial charge is 0.294 e. The van der Waals surface area contributed by atoms with Gasteiger partial charge in [-0.15, -0.1) is 0 Å². The molecule has 0 bridgehead atoms. The van der Waals surface area contributed by atoms with Gasteiger partial charge >= 0.3 is 0 Å². The van der Waals surface area contributed by atoms with E-state index in [9.17, 15) is 19.5 Å². The zero-order valence-corrected chi connectivity index (χ0v) is 15.3. The van der Waals surface area contributed by atoms with Crippen molar-refractivity contribution >= 4 is 34.9 Å². The van der Waals surface area contributed by atoms with E-state index in [0.717, 1.165) is 16.7 Å². The molecular weight excluding hydrogens is 360 g/mol. The van der Waals surface area contributed by atoms with Crippen molar-refractivity contribution in [3.05, 3.63) is 28.7 Å². The molecule has 1 aliphatic heterocycles. The lowest BCUT2D eigenvalue weighted by atomic mass is 10.2. The van der Waals surface area contributed by atoms with Crippen molar-refractivity contribution in [3.63, 3.8) is 0 Å². The Kier molecular flexibility index (Phi) is 7.05. The molecule has 140 valence electrons. The van der Waals surface area contributed by atoms with Crippen molar-refractivity contribution in [1.29, 1.82) is 0 Å². The fourth-order valence-electron chi connectivity index (χ4n) is 2.17. The zero-order chi connectivity index (χ0) is 19.1. The lowest BCUT2D eigenvalue weighted by Gasteiger charge is -2.12. The summed E-state index contributed by atoms with van der Waals surface area (Å²) < 4.78 is 10.1. The van der Waals surface area contributed by atoms with Gasteiger partial charge in [0.1, 0.15) is 6.54 Å². The first-order chi connectivity index (χ1) is 12.5. The molecule has 0 aromatic heterocycles. The van der Waals surface area contributed by atoms with Crippen LogP contribution in [0.4, 0.5) is 4.79 Å². The number of aromatic hydroxyl groups is 1. The predicted molar refractivity (Wildman–Crippen MR) is 96.8 cm³/mol. The van der Waals surface area contributed by atoms with Gasteiger partial charge in [-0.05, 0) is 42.5 Å². The number of hydrogen-bond donors (Lipinski definition) is 2. The molecular formula is C17H20N2O6S. The summed E-state index contributed by atoms with van der Waals surface area (Å²) in [5, 5.41) is 11.8. The summed E-state index contributed by atoms with van der Waals surface area (Å²) in [6, 6.07) is 4.62. The maximum atomic E-state index is 12.4. The summed E-state index contributed by atoms with van der Waals surface area (Å²) in [7, 11) is 1.51. The van der Waals surface area contributed by atoms with Crippen molar-refractivity contribution < 1.29 is 29.0 Å². The van der Waals surface area contributed by atoms with Gasteiger partial charge in [0.15, 0.2) is 11.5 Å². The van der Waals surface area contributed by atoms with Crippen LogP contribution in [0.3, 0.4) is 0 Å². The van der Waals surface area contributed by atoms with Crippen LogP contribution in [0.25, 0.3) is 6.08 Å². The van der Waals surface area contributed by atoms with Crippen molar-refractivity contribution in [2.24, 2.45) is 0 Å². The highest BCUT2D eigenvalue weighted by Crippen LogP contribution is 2.34. The molecule has 1 saturated heterocycles. The van der Waals surface area contributed by atoms with E-state index in [0.29, 0.717) is 25.3 Å². The molecule has 1 fully saturated rings. The third-order valence-corrected chi connectivity index (χ3v) is 4.29. The van der Waals surface area contributed by atoms with Crippen LogP contribution in [-0.4, -0.2) is 60.5 Å². The largest absolute Gasteiger partial charge is 0.504 e. The van der Waals surface area contributed by atoms with Gasteiger partial charge in [-0.1, -0.05) is 6.07 Å². The first-order valence-corrected chi connectivity index (χ1v) is 8.74. The molecule has 8 nitrogen and oxygen atoms in total. The Morgan fingerprint density at radius 3 is 2.85 bits per heavy atom. The van der Waals surface area contributed by atoms with Crippen molar-refractivity contribution in [1.82, 2.24) is 10.2 Å². The van der Waals surface area contributed by atoms with E-state index in [4.69, 9.17) is 9.47 Å². The van der Waals surface area contributed by atoms with Crippen LogP contribution in [0.2, 0.25) is 0 Å². The molecule has 9 heteroatoms. The van der Waals surface area contributed by atoms with Crippen LogP contribution >= 0.6 is 11.8 Å². The monoisotopic (exact) mass is 380 g/mol. The second-order valence-corrected chi connectivity index (χ2v) is 6.26. The minimum Gasteiger partial charge on any atom is -0.504 e. The summed E-state index contributed by atoms with van der Waals surface area (Å²) in [5.41, 5.74) is 0.598. The number of benzene rings is 1. The number of nitrogens with zero attached hydrogens (tertiary/aromatic N) is 1. The molecule has 1 aromatic carbocycles. The number of phenols is 1. The molecule has 0 spiro atoms. The number of imide groups is 1. The number of phenolic OH excluding ortho intramolecular Hbond substituents is 1. The average Bonchev–Trinajstić information content (AvgIpc) is 2.86. The Labute approximate surface area is 155 Å². The van der Waals surface area contributed by atoms with Gasteiger partial charge in [0.05, 0.1) is 18.1 Å². The summed E-state index contributed by atoms with van der Waals surface area (Å²) in [4.78, 5) is 37.3. The first kappa shape index (κ1) is 19.8. The standard InChI is InChI=1S/C17H20N2O6S/c1-3-25-13-8-11(4-5-12(13)20)9-14-16(22)19(17(23)26-14)10-15(21)18-6-7-24-2/h4-5,8-9,20H,3,6-7,10H2,1-2H3,(H,18,21)/b14-9-. The molecule has 1 heterocycles. The lowest BCUT2D eigenvalue weighted by molar-refractivity contribution is -0.129. The number of ether oxygens (including phenoxy) is 2. The summed E-state index contributed by atoms with van der Waals surface area (Å²) in [5.74, 6) is -0.690. The SMILES string of the molecule is CCOc1cc(/C=C2\SC(=O)N(CC(=O)NCCOC)C2=O)ccc1O. The Hall–Kier alpha value is -2.52. The van der Waals surface area contributed by atoms with Gasteiger partial charge in [-0.3, -0.25) is 19.3 Å². The molecule has 1 aromatic rings. The molecule has 3 amide bonds. The fourth-order valence-corrected chi connectivity index (χ4v) is 3.01. The van der Waals surface area contributed by atoms with Crippen LogP contribution in [0.5, 0.6) is 11.5 Å². The zero-order valence-electron chi connectivity index (χ0n) is 14.5. The molecule has 0 saturated carbocycles. The van der Waals surface area contributed by atoms with Crippen molar-refractivity contribution in [2.75, 3.05) is 33.4 Å². The number of thioether (sulfide) groups is 1. The van der Waals surface area contributed by atoms with Crippen LogP contribution in [0.1, 0.15) is 12.5 Å². The summed E-state index contributed by atoms with van der Waals surface area (Å²) >= 11 is 0.761. The molecule has 0 radical (unpaired) electrons. The number of carbonyl (C=O) groups excluding carboxylic acids is 3. The predicted octanol–water partition coefficient (Wildman–Crippen LogP) is 1.59. The van der Waals surface area contributed by atoms with E-state index in [1.54, 1.807) is 19.1 Å². The maximum absolute atomic E-state index is 12.4. The van der Waals surface area contributed by atoms with Crippen LogP contribution in [0, 0.1) is 0 Å². The van der Waals surface area contributed by atoms with Gasteiger partial charge in [0.25, 0.3) is 11.1 Å². The van der Waals surface area contributed by atoms with Crippen LogP contribution < -0.4 is 10.1 Å². The lowest BCUT2D eigenvalue weighted by Crippen LogP contribution is -2.40. The van der Waals surface area contributed by atoms with Crippen LogP contribution in [0.15, 0.2) is 23.1 Å². The fraction of sp³-hybridized carbons (Fsp3) is 0.353. The highest BCUT2D eigenvalue weighted by Gasteiger charge is 2.36. The van der Waals surface area contributed by atoms with Gasteiger partial charge in [0.2, 0.25) is 5.91 Å². The van der Waals surface area contributed by atoms with E-state index >= 15 is 0 Å². The number of carbonyl (C=O) groups is 3. The Morgan fingerprint density at radius 2 is 2.15 bits per heavy atom. The highest BCUT2D eigenvalue weighted by molar-refractivity contribution is 8.18.